The molecule has 0 spiro atoms. The minimum absolute atomic E-state index is 0.0653. The van der Waals surface area contributed by atoms with Crippen LogP contribution in [0.4, 0.5) is 4.39 Å². The number of allylic oxidation sites excluding steroid dienone is 1. The summed E-state index contributed by atoms with van der Waals surface area (Å²) in [4.78, 5) is 13.0. The minimum Gasteiger partial charge on any atom is -0.437 e. The third-order valence-corrected chi connectivity index (χ3v) is 5.34. The zero-order valence-corrected chi connectivity index (χ0v) is 17.2. The Morgan fingerprint density at radius 1 is 1.17 bits per heavy atom. The van der Waals surface area contributed by atoms with Crippen LogP contribution in [0.2, 0.25) is 0 Å². The van der Waals surface area contributed by atoms with Crippen molar-refractivity contribution in [3.05, 3.63) is 76.5 Å². The molecule has 0 radical (unpaired) electrons. The number of rotatable bonds is 6. The van der Waals surface area contributed by atoms with E-state index in [4.69, 9.17) is 32.7 Å². The summed E-state index contributed by atoms with van der Waals surface area (Å²) in [5, 5.41) is 9.96. The summed E-state index contributed by atoms with van der Waals surface area (Å²) in [6.45, 7) is 3.77. The Bertz CT molecular complexity index is 966. The van der Waals surface area contributed by atoms with Gasteiger partial charge < -0.3 is 9.47 Å². The second kappa shape index (κ2) is 8.06. The Labute approximate surface area is 178 Å². The number of carbonyl (C=O) groups excluding carboxylic acids is 1. The average molecular weight is 434 g/mol. The first kappa shape index (κ1) is 21.2. The van der Waals surface area contributed by atoms with Gasteiger partial charge in [-0.05, 0) is 41.7 Å². The van der Waals surface area contributed by atoms with Gasteiger partial charge in [0.15, 0.2) is 6.07 Å². The van der Waals surface area contributed by atoms with Gasteiger partial charge in [0.2, 0.25) is 0 Å². The van der Waals surface area contributed by atoms with Crippen LogP contribution in [0, 0.1) is 34.4 Å². The first-order valence-electron chi connectivity index (χ1n) is 8.86. The Kier molecular flexibility index (Phi) is 5.88. The molecule has 7 heteroatoms. The van der Waals surface area contributed by atoms with E-state index < -0.39 is 28.9 Å². The lowest BCUT2D eigenvalue weighted by atomic mass is 10.1. The van der Waals surface area contributed by atoms with Gasteiger partial charge in [-0.25, -0.2) is 4.39 Å². The van der Waals surface area contributed by atoms with Gasteiger partial charge in [0.05, 0.1) is 11.5 Å². The number of hydrogen-bond donors (Lipinski definition) is 0. The lowest BCUT2D eigenvalue weighted by molar-refractivity contribution is -0.186. The third-order valence-electron chi connectivity index (χ3n) is 5.09. The number of benzene rings is 2. The van der Waals surface area contributed by atoms with Gasteiger partial charge in [0.1, 0.15) is 16.1 Å². The van der Waals surface area contributed by atoms with E-state index in [0.717, 1.165) is 0 Å². The van der Waals surface area contributed by atoms with Crippen molar-refractivity contribution in [1.29, 1.82) is 5.26 Å². The third kappa shape index (κ3) is 4.39. The van der Waals surface area contributed by atoms with E-state index in [0.29, 0.717) is 5.56 Å². The molecule has 3 atom stereocenters. The summed E-state index contributed by atoms with van der Waals surface area (Å²) >= 11 is 11.5. The Morgan fingerprint density at radius 2 is 1.79 bits per heavy atom. The number of ether oxygens (including phenoxy) is 2. The van der Waals surface area contributed by atoms with Crippen molar-refractivity contribution in [2.24, 2.45) is 17.3 Å². The van der Waals surface area contributed by atoms with Crippen molar-refractivity contribution in [2.45, 2.75) is 19.6 Å². The molecule has 0 N–H and O–H groups in total. The SMILES string of the molecule is CC1(C)C(C=C(Cl)Cl)C1C(=O)OC(C#N)(Oc1ccc(F)cc1)c1ccccc1. The summed E-state index contributed by atoms with van der Waals surface area (Å²) in [6.07, 6.45) is 1.59. The van der Waals surface area contributed by atoms with E-state index >= 15 is 0 Å². The molecule has 2 aromatic rings. The second-order valence-electron chi connectivity index (χ2n) is 7.35. The highest BCUT2D eigenvalue weighted by Crippen LogP contribution is 2.60. The topological polar surface area (TPSA) is 59.3 Å². The van der Waals surface area contributed by atoms with Crippen LogP contribution >= 0.6 is 23.2 Å². The molecule has 0 saturated heterocycles. The lowest BCUT2D eigenvalue weighted by Gasteiger charge is -2.28. The quantitative estimate of drug-likeness (QED) is 0.431. The van der Waals surface area contributed by atoms with Crippen LogP contribution in [0.15, 0.2) is 65.2 Å². The predicted molar refractivity (Wildman–Crippen MR) is 107 cm³/mol. The van der Waals surface area contributed by atoms with Crippen LogP contribution < -0.4 is 4.74 Å². The van der Waals surface area contributed by atoms with Gasteiger partial charge in [-0.1, -0.05) is 67.4 Å². The predicted octanol–water partition coefficient (Wildman–Crippen LogP) is 5.72. The molecule has 2 aromatic carbocycles. The number of nitriles is 1. The molecular weight excluding hydrogens is 416 g/mol. The average Bonchev–Trinajstić information content (AvgIpc) is 3.22. The molecule has 3 rings (SSSR count). The molecule has 3 unspecified atom stereocenters. The molecular formula is C22H18Cl2FNO3. The summed E-state index contributed by atoms with van der Waals surface area (Å²) in [6, 6.07) is 15.5. The van der Waals surface area contributed by atoms with Crippen molar-refractivity contribution in [3.63, 3.8) is 0 Å². The van der Waals surface area contributed by atoms with Crippen LogP contribution in [0.1, 0.15) is 19.4 Å². The zero-order valence-electron chi connectivity index (χ0n) is 15.7. The molecule has 150 valence electrons. The monoisotopic (exact) mass is 433 g/mol. The van der Waals surface area contributed by atoms with Crippen molar-refractivity contribution in [1.82, 2.24) is 0 Å². The molecule has 0 aliphatic heterocycles. The highest BCUT2D eigenvalue weighted by Gasteiger charge is 2.63. The lowest BCUT2D eigenvalue weighted by Crippen LogP contribution is -2.38. The van der Waals surface area contributed by atoms with Crippen LogP contribution in [-0.4, -0.2) is 5.97 Å². The normalized spacial score (nSPS) is 21.2. The van der Waals surface area contributed by atoms with E-state index in [9.17, 15) is 14.4 Å². The fraction of sp³-hybridized carbons (Fsp3) is 0.273. The molecule has 1 aliphatic rings. The molecule has 0 aromatic heterocycles. The van der Waals surface area contributed by atoms with Gasteiger partial charge in [-0.15, -0.1) is 0 Å². The minimum atomic E-state index is -2.03. The largest absolute Gasteiger partial charge is 0.437 e. The van der Waals surface area contributed by atoms with Crippen LogP contribution in [0.3, 0.4) is 0 Å². The van der Waals surface area contributed by atoms with Gasteiger partial charge in [-0.2, -0.15) is 5.26 Å². The maximum Gasteiger partial charge on any atom is 0.372 e. The first-order chi connectivity index (χ1) is 13.7. The number of carbonyl (C=O) groups is 1. The van der Waals surface area contributed by atoms with Crippen LogP contribution in [0.5, 0.6) is 5.75 Å². The molecule has 1 fully saturated rings. The van der Waals surface area contributed by atoms with Crippen LogP contribution in [-0.2, 0) is 15.3 Å². The van der Waals surface area contributed by atoms with Gasteiger partial charge in [0.25, 0.3) is 0 Å². The van der Waals surface area contributed by atoms with Crippen molar-refractivity contribution >= 4 is 29.2 Å². The fourth-order valence-electron chi connectivity index (χ4n) is 3.35. The van der Waals surface area contributed by atoms with E-state index in [-0.39, 0.29) is 16.2 Å². The van der Waals surface area contributed by atoms with Crippen LogP contribution in [0.25, 0.3) is 0 Å². The Hall–Kier alpha value is -2.55. The Morgan fingerprint density at radius 3 is 2.34 bits per heavy atom. The van der Waals surface area contributed by atoms with Crippen molar-refractivity contribution in [3.8, 4) is 11.8 Å². The molecule has 1 aliphatic carbocycles. The molecule has 1 saturated carbocycles. The summed E-state index contributed by atoms with van der Waals surface area (Å²) in [5.41, 5.74) is -0.0963. The maximum absolute atomic E-state index is 13.2. The maximum atomic E-state index is 13.2. The molecule has 0 amide bonds. The van der Waals surface area contributed by atoms with E-state index in [1.807, 2.05) is 19.9 Å². The molecule has 4 nitrogen and oxygen atoms in total. The highest BCUT2D eigenvalue weighted by atomic mass is 35.5. The zero-order chi connectivity index (χ0) is 21.2. The van der Waals surface area contributed by atoms with E-state index in [1.165, 1.54) is 24.3 Å². The summed E-state index contributed by atoms with van der Waals surface area (Å²) in [5.74, 6) is -3.68. The number of esters is 1. The summed E-state index contributed by atoms with van der Waals surface area (Å²) in [7, 11) is 0. The first-order valence-corrected chi connectivity index (χ1v) is 9.62. The van der Waals surface area contributed by atoms with Crippen molar-refractivity contribution in [2.75, 3.05) is 0 Å². The number of halogens is 3. The molecule has 29 heavy (non-hydrogen) atoms. The molecule has 0 heterocycles. The van der Waals surface area contributed by atoms with Gasteiger partial charge in [-0.3, -0.25) is 4.79 Å². The Balaban J connectivity index is 1.94. The highest BCUT2D eigenvalue weighted by molar-refractivity contribution is 6.55. The van der Waals surface area contributed by atoms with Gasteiger partial charge in [0, 0.05) is 0 Å². The smallest absolute Gasteiger partial charge is 0.372 e. The molecule has 0 bridgehead atoms. The van der Waals surface area contributed by atoms with Gasteiger partial charge >= 0.3 is 11.8 Å². The van der Waals surface area contributed by atoms with Crippen molar-refractivity contribution < 1.29 is 18.7 Å². The summed E-state index contributed by atoms with van der Waals surface area (Å²) < 4.78 is 24.7. The van der Waals surface area contributed by atoms with E-state index in [2.05, 4.69) is 0 Å². The number of hydrogen-bond acceptors (Lipinski definition) is 4. The standard InChI is InChI=1S/C22H18Cl2FNO3/c1-21(2)17(12-18(23)24)19(21)20(27)29-22(13-26,14-6-4-3-5-7-14)28-16-10-8-15(25)9-11-16/h3-12,17,19H,1-2H3. The fourth-order valence-corrected chi connectivity index (χ4v) is 3.63. The number of nitrogens with zero attached hydrogens (tertiary/aromatic N) is 1. The second-order valence-corrected chi connectivity index (χ2v) is 8.36. The van der Waals surface area contributed by atoms with E-state index in [1.54, 1.807) is 36.4 Å².